The van der Waals surface area contributed by atoms with Gasteiger partial charge in [0.2, 0.25) is 5.95 Å². The average Bonchev–Trinajstić information content (AvgIpc) is 3.37. The van der Waals surface area contributed by atoms with Crippen LogP contribution >= 0.6 is 0 Å². The molecule has 2 aliphatic heterocycles. The number of hydrogen-bond donors (Lipinski definition) is 1. The van der Waals surface area contributed by atoms with Crippen LogP contribution in [0.5, 0.6) is 5.75 Å². The first-order chi connectivity index (χ1) is 19.9. The van der Waals surface area contributed by atoms with Crippen molar-refractivity contribution < 1.29 is 14.7 Å². The van der Waals surface area contributed by atoms with E-state index < -0.39 is 0 Å². The van der Waals surface area contributed by atoms with Crippen LogP contribution in [0.15, 0.2) is 60.2 Å². The third-order valence-electron chi connectivity index (χ3n) is 9.12. The van der Waals surface area contributed by atoms with Gasteiger partial charge in [0.1, 0.15) is 12.9 Å². The number of oxime groups is 1. The van der Waals surface area contributed by atoms with Crippen LogP contribution in [0, 0.1) is 17.3 Å². The zero-order valence-corrected chi connectivity index (χ0v) is 24.9. The van der Waals surface area contributed by atoms with Crippen molar-refractivity contribution in [3.8, 4) is 5.75 Å². The fourth-order valence-corrected chi connectivity index (χ4v) is 6.16. The number of nitrogens with zero attached hydrogens (tertiary/aromatic N) is 5. The Balaban J connectivity index is 1.08. The molecule has 0 radical (unpaired) electrons. The zero-order valence-electron chi connectivity index (χ0n) is 24.9. The van der Waals surface area contributed by atoms with E-state index in [0.717, 1.165) is 87.9 Å². The molecule has 8 nitrogen and oxygen atoms in total. The molecule has 220 valence electrons. The predicted molar refractivity (Wildman–Crippen MR) is 164 cm³/mol. The number of benzene rings is 1. The van der Waals surface area contributed by atoms with Gasteiger partial charge in [0.15, 0.2) is 0 Å². The summed E-state index contributed by atoms with van der Waals surface area (Å²) in [5, 5.41) is 14.1. The van der Waals surface area contributed by atoms with Crippen molar-refractivity contribution in [2.75, 3.05) is 51.4 Å². The van der Waals surface area contributed by atoms with E-state index in [0.29, 0.717) is 18.4 Å². The highest BCUT2D eigenvalue weighted by Gasteiger charge is 2.41. The lowest BCUT2D eigenvalue weighted by Crippen LogP contribution is -2.36. The fourth-order valence-electron chi connectivity index (χ4n) is 6.16. The number of aliphatic hydroxyl groups excluding tert-OH is 1. The highest BCUT2D eigenvalue weighted by atomic mass is 16.6. The Morgan fingerprint density at radius 2 is 1.88 bits per heavy atom. The van der Waals surface area contributed by atoms with E-state index in [1.54, 1.807) is 7.11 Å². The van der Waals surface area contributed by atoms with Crippen LogP contribution < -0.4 is 9.64 Å². The highest BCUT2D eigenvalue weighted by molar-refractivity contribution is 5.93. The second kappa shape index (κ2) is 13.1. The second-order valence-electron chi connectivity index (χ2n) is 12.0. The third-order valence-corrected chi connectivity index (χ3v) is 9.12. The van der Waals surface area contributed by atoms with Crippen LogP contribution in [0.4, 0.5) is 5.95 Å². The Hall–Kier alpha value is -3.39. The lowest BCUT2D eigenvalue weighted by atomic mass is 9.84. The van der Waals surface area contributed by atoms with Gasteiger partial charge < -0.3 is 24.5 Å². The summed E-state index contributed by atoms with van der Waals surface area (Å²) in [5.41, 5.74) is 5.48. The summed E-state index contributed by atoms with van der Waals surface area (Å²) in [7, 11) is 1.56. The number of aryl methyl sites for hydroxylation is 1. The van der Waals surface area contributed by atoms with Crippen LogP contribution in [0.25, 0.3) is 5.57 Å². The molecule has 0 saturated carbocycles. The van der Waals surface area contributed by atoms with Gasteiger partial charge in [-0.25, -0.2) is 9.97 Å². The first-order valence-corrected chi connectivity index (χ1v) is 15.1. The van der Waals surface area contributed by atoms with Gasteiger partial charge in [-0.2, -0.15) is 0 Å². The Morgan fingerprint density at radius 1 is 1.15 bits per heavy atom. The van der Waals surface area contributed by atoms with Gasteiger partial charge in [-0.3, -0.25) is 0 Å². The number of anilines is 1. The van der Waals surface area contributed by atoms with Crippen LogP contribution in [0.1, 0.15) is 57.1 Å². The normalized spacial score (nSPS) is 24.4. The molecule has 2 saturated heterocycles. The van der Waals surface area contributed by atoms with Crippen molar-refractivity contribution in [3.05, 3.63) is 66.1 Å². The van der Waals surface area contributed by atoms with Crippen LogP contribution in [0.3, 0.4) is 0 Å². The first kappa shape index (κ1) is 29.1. The van der Waals surface area contributed by atoms with E-state index in [1.807, 2.05) is 19.3 Å². The summed E-state index contributed by atoms with van der Waals surface area (Å²) in [5.74, 6) is 2.73. The Morgan fingerprint density at radius 3 is 2.49 bits per heavy atom. The molecule has 8 heteroatoms. The predicted octanol–water partition coefficient (Wildman–Crippen LogP) is 5.35. The molecule has 2 fully saturated rings. The van der Waals surface area contributed by atoms with Gasteiger partial charge >= 0.3 is 0 Å². The number of piperidine rings is 1. The fraction of sp³-hybridized carbons (Fsp3) is 0.545. The molecule has 3 aliphatic rings. The number of likely N-dealkylation sites (tertiary alicyclic amines) is 1. The number of aliphatic hydroxyl groups is 1. The molecule has 0 bridgehead atoms. The summed E-state index contributed by atoms with van der Waals surface area (Å²) in [6.45, 7) is 12.7. The molecular weight excluding hydrogens is 514 g/mol. The minimum absolute atomic E-state index is 0.0518. The molecule has 1 aliphatic carbocycles. The first-order valence-electron chi connectivity index (χ1n) is 15.1. The Labute approximate surface area is 244 Å². The molecule has 0 amide bonds. The molecule has 2 unspecified atom stereocenters. The van der Waals surface area contributed by atoms with Crippen molar-refractivity contribution in [1.29, 1.82) is 0 Å². The van der Waals surface area contributed by atoms with E-state index in [4.69, 9.17) is 9.57 Å². The smallest absolute Gasteiger partial charge is 0.225 e. The van der Waals surface area contributed by atoms with E-state index >= 15 is 0 Å². The zero-order chi connectivity index (χ0) is 28.8. The van der Waals surface area contributed by atoms with Crippen molar-refractivity contribution in [3.63, 3.8) is 0 Å². The van der Waals surface area contributed by atoms with Crippen LogP contribution in [0.2, 0.25) is 0 Å². The van der Waals surface area contributed by atoms with Crippen molar-refractivity contribution in [1.82, 2.24) is 14.9 Å². The molecule has 3 heterocycles. The molecule has 41 heavy (non-hydrogen) atoms. The van der Waals surface area contributed by atoms with E-state index in [2.05, 4.69) is 68.8 Å². The molecule has 1 N–H and O–H groups in total. The van der Waals surface area contributed by atoms with Crippen LogP contribution in [-0.4, -0.2) is 72.2 Å². The number of hydrogen-bond acceptors (Lipinski definition) is 8. The minimum Gasteiger partial charge on any atom is -0.493 e. The lowest BCUT2D eigenvalue weighted by Gasteiger charge is -2.32. The quantitative estimate of drug-likeness (QED) is 0.393. The van der Waals surface area contributed by atoms with Gasteiger partial charge in [0, 0.05) is 43.6 Å². The van der Waals surface area contributed by atoms with E-state index in [-0.39, 0.29) is 12.0 Å². The largest absolute Gasteiger partial charge is 0.493 e. The Kier molecular flexibility index (Phi) is 9.28. The molecule has 1 aromatic carbocycles. The Bertz CT molecular complexity index is 1230. The summed E-state index contributed by atoms with van der Waals surface area (Å²) in [4.78, 5) is 18.7. The maximum absolute atomic E-state index is 9.96. The maximum Gasteiger partial charge on any atom is 0.225 e. The number of rotatable bonds is 10. The summed E-state index contributed by atoms with van der Waals surface area (Å²) < 4.78 is 6.19. The van der Waals surface area contributed by atoms with Gasteiger partial charge in [0.05, 0.1) is 30.9 Å². The maximum atomic E-state index is 9.96. The minimum atomic E-state index is -0.383. The van der Waals surface area contributed by atoms with Crippen molar-refractivity contribution in [2.24, 2.45) is 22.4 Å². The monoisotopic (exact) mass is 559 g/mol. The van der Waals surface area contributed by atoms with Gasteiger partial charge in [-0.05, 0) is 73.3 Å². The van der Waals surface area contributed by atoms with Gasteiger partial charge in [0.25, 0.3) is 0 Å². The van der Waals surface area contributed by atoms with Gasteiger partial charge in [-0.1, -0.05) is 43.8 Å². The van der Waals surface area contributed by atoms with E-state index in [1.165, 1.54) is 16.7 Å². The topological polar surface area (TPSA) is 83.3 Å². The van der Waals surface area contributed by atoms with Crippen molar-refractivity contribution >= 4 is 17.2 Å². The number of aromatic nitrogens is 2. The molecule has 2 atom stereocenters. The van der Waals surface area contributed by atoms with Gasteiger partial charge in [-0.15, -0.1) is 0 Å². The molecular formula is C33H45N5O3. The van der Waals surface area contributed by atoms with Crippen molar-refractivity contribution in [2.45, 2.75) is 52.4 Å². The molecule has 5 rings (SSSR count). The number of allylic oxidation sites excluding steroid dienone is 3. The highest BCUT2D eigenvalue weighted by Crippen LogP contribution is 2.38. The van der Waals surface area contributed by atoms with E-state index in [9.17, 15) is 5.11 Å². The van der Waals surface area contributed by atoms with Crippen LogP contribution in [-0.2, 0) is 11.3 Å². The second-order valence-corrected chi connectivity index (χ2v) is 12.0. The number of ether oxygens (including phenoxy) is 1. The average molecular weight is 560 g/mol. The lowest BCUT2D eigenvalue weighted by molar-refractivity contribution is 0.172. The summed E-state index contributed by atoms with van der Waals surface area (Å²) in [6, 6.07) is 8.60. The molecule has 1 aromatic heterocycles. The summed E-state index contributed by atoms with van der Waals surface area (Å²) in [6.07, 6.45) is 12.5. The standard InChI is InChI=1S/C33H45N5O3/c1-5-25-18-34-32(35-19-25)37-16-14-26(15-17-37)21-41-30-12-10-29(11-13-30)28-8-6-27(7-9-28)24(2)38-20-31(36-40-4)33(3,22-38)23-39/h8,10-13,18-19,26-27,39H,2,5-7,9,14-17,20-23H2,1,3-4H3/b36-31+. The molecule has 0 spiro atoms. The molecule has 2 aromatic rings. The SMILES string of the molecule is C=C(C1CC=C(c2ccc(OCC3CCN(c4ncc(CC)cn4)CC3)cc2)CC1)N1C/C(=N\OC)C(C)(CO)C1. The third kappa shape index (κ3) is 6.75. The summed E-state index contributed by atoms with van der Waals surface area (Å²) >= 11 is 0.